The number of benzene rings is 1. The summed E-state index contributed by atoms with van der Waals surface area (Å²) in [7, 11) is -3.22. The number of thiazole rings is 1. The van der Waals surface area contributed by atoms with Crippen LogP contribution in [0.1, 0.15) is 5.01 Å². The first kappa shape index (κ1) is 17.3. The maximum absolute atomic E-state index is 11.3. The van der Waals surface area contributed by atoms with Crippen molar-refractivity contribution in [1.29, 1.82) is 0 Å². The Kier molecular flexibility index (Phi) is 5.91. The Hall–Kier alpha value is -0.730. The van der Waals surface area contributed by atoms with Crippen LogP contribution in [0, 0.1) is 0 Å². The summed E-state index contributed by atoms with van der Waals surface area (Å²) in [4.78, 5) is 14.9. The van der Waals surface area contributed by atoms with Gasteiger partial charge in [-0.15, -0.1) is 11.3 Å². The number of rotatable bonds is 4. The average Bonchev–Trinajstić information content (AvgIpc) is 2.75. The Bertz CT molecular complexity index is 707. The van der Waals surface area contributed by atoms with Crippen LogP contribution in [0.2, 0.25) is 0 Å². The predicted octanol–water partition coefficient (Wildman–Crippen LogP) is -2.49. The Labute approximate surface area is 142 Å². The molecule has 2 aromatic rings. The summed E-state index contributed by atoms with van der Waals surface area (Å²) < 4.78 is 22.6. The first-order valence-electron chi connectivity index (χ1n) is 5.31. The predicted molar refractivity (Wildman–Crippen MR) is 69.4 cm³/mol. The number of carbonyl (C=O) groups excluding carboxylic acids is 1. The van der Waals surface area contributed by atoms with Gasteiger partial charge in [-0.2, -0.15) is 0 Å². The molecule has 0 aliphatic heterocycles. The summed E-state index contributed by atoms with van der Waals surface area (Å²) in [5, 5.41) is 12.6. The van der Waals surface area contributed by atoms with Crippen LogP contribution in [0.4, 0.5) is 0 Å². The van der Waals surface area contributed by atoms with Gasteiger partial charge in [0.2, 0.25) is 0 Å². The van der Waals surface area contributed by atoms with Gasteiger partial charge >= 0.3 is 29.6 Å². The number of carboxylic acids is 1. The molecule has 0 spiro atoms. The summed E-state index contributed by atoms with van der Waals surface area (Å²) in [5.41, 5.74) is 1.37. The van der Waals surface area contributed by atoms with Crippen LogP contribution in [-0.4, -0.2) is 25.6 Å². The molecular weight excluding hydrogens is 309 g/mol. The molecule has 1 aromatic heterocycles. The molecule has 0 bridgehead atoms. The second-order valence-electron chi connectivity index (χ2n) is 3.97. The molecule has 0 radical (unpaired) electrons. The quantitative estimate of drug-likeness (QED) is 0.582. The Balaban J connectivity index is 0.00000200. The largest absolute Gasteiger partial charge is 1.00 e. The molecule has 0 fully saturated rings. The summed E-state index contributed by atoms with van der Waals surface area (Å²) in [5.74, 6) is -1.17. The fourth-order valence-electron chi connectivity index (χ4n) is 1.52. The molecule has 0 saturated carbocycles. The van der Waals surface area contributed by atoms with Crippen molar-refractivity contribution in [1.82, 2.24) is 4.98 Å². The van der Waals surface area contributed by atoms with Crippen molar-refractivity contribution in [2.24, 2.45) is 0 Å². The molecule has 0 amide bonds. The fourth-order valence-corrected chi connectivity index (χ4v) is 2.94. The third-order valence-corrected chi connectivity index (χ3v) is 4.40. The van der Waals surface area contributed by atoms with Gasteiger partial charge in [0.05, 0.1) is 15.6 Å². The smallest absolute Gasteiger partial charge is 0.550 e. The van der Waals surface area contributed by atoms with Crippen LogP contribution in [0.15, 0.2) is 34.5 Å². The molecule has 20 heavy (non-hydrogen) atoms. The van der Waals surface area contributed by atoms with Gasteiger partial charge in [-0.1, -0.05) is 12.1 Å². The molecule has 5 nitrogen and oxygen atoms in total. The molecule has 8 heteroatoms. The molecule has 0 N–H and O–H groups in total. The van der Waals surface area contributed by atoms with E-state index in [0.29, 0.717) is 10.7 Å². The summed E-state index contributed by atoms with van der Waals surface area (Å²) in [6, 6.07) is 6.30. The standard InChI is InChI=1S/C12H11NO4S2.Na/c1-19(16,17)9-4-2-8(3-5-9)10-7-18-11(13-10)6-12(14)15;/h2-5,7H,6H2,1H3,(H,14,15);/q;+1/p-1. The van der Waals surface area contributed by atoms with Crippen LogP contribution in [0.5, 0.6) is 0 Å². The monoisotopic (exact) mass is 319 g/mol. The molecule has 100 valence electrons. The van der Waals surface area contributed by atoms with Gasteiger partial charge in [0.1, 0.15) is 0 Å². The zero-order valence-corrected chi connectivity index (χ0v) is 14.6. The zero-order valence-electron chi connectivity index (χ0n) is 11.0. The van der Waals surface area contributed by atoms with E-state index in [-0.39, 0.29) is 40.9 Å². The van der Waals surface area contributed by atoms with Gasteiger partial charge in [0.25, 0.3) is 0 Å². The van der Waals surface area contributed by atoms with Crippen LogP contribution < -0.4 is 34.7 Å². The molecule has 0 aliphatic rings. The second kappa shape index (κ2) is 6.82. The van der Waals surface area contributed by atoms with E-state index in [2.05, 4.69) is 4.98 Å². The van der Waals surface area contributed by atoms with Gasteiger partial charge in [0, 0.05) is 29.6 Å². The Morgan fingerprint density at radius 1 is 1.30 bits per heavy atom. The number of carbonyl (C=O) groups is 1. The third kappa shape index (κ3) is 4.39. The third-order valence-electron chi connectivity index (χ3n) is 2.43. The van der Waals surface area contributed by atoms with E-state index in [9.17, 15) is 18.3 Å². The van der Waals surface area contributed by atoms with E-state index in [1.54, 1.807) is 17.5 Å². The summed E-state index contributed by atoms with van der Waals surface area (Å²) in [6.07, 6.45) is 0.925. The second-order valence-corrected chi connectivity index (χ2v) is 6.93. The van der Waals surface area contributed by atoms with Crippen LogP contribution >= 0.6 is 11.3 Å². The molecule has 0 saturated heterocycles. The first-order valence-corrected chi connectivity index (χ1v) is 8.08. The van der Waals surface area contributed by atoms with E-state index in [1.165, 1.54) is 23.5 Å². The minimum absolute atomic E-state index is 0. The van der Waals surface area contributed by atoms with Gasteiger partial charge in [-0.3, -0.25) is 0 Å². The van der Waals surface area contributed by atoms with Crippen LogP contribution in [-0.2, 0) is 21.1 Å². The SMILES string of the molecule is CS(=O)(=O)c1ccc(-c2csc(CC(=O)[O-])n2)cc1.[Na+]. The minimum atomic E-state index is -3.22. The van der Waals surface area contributed by atoms with Crippen molar-refractivity contribution in [3.05, 3.63) is 34.7 Å². The average molecular weight is 319 g/mol. The van der Waals surface area contributed by atoms with Crippen molar-refractivity contribution in [2.75, 3.05) is 6.26 Å². The maximum atomic E-state index is 11.3. The van der Waals surface area contributed by atoms with Crippen molar-refractivity contribution >= 4 is 27.1 Å². The number of aromatic nitrogens is 1. The topological polar surface area (TPSA) is 87.2 Å². The fraction of sp³-hybridized carbons (Fsp3) is 0.167. The number of sulfone groups is 1. The molecule has 2 rings (SSSR count). The van der Waals surface area contributed by atoms with Crippen molar-refractivity contribution in [3.8, 4) is 11.3 Å². The van der Waals surface area contributed by atoms with Gasteiger partial charge in [0.15, 0.2) is 9.84 Å². The van der Waals surface area contributed by atoms with Gasteiger partial charge in [-0.05, 0) is 12.1 Å². The van der Waals surface area contributed by atoms with E-state index < -0.39 is 15.8 Å². The van der Waals surface area contributed by atoms with E-state index in [0.717, 1.165) is 11.8 Å². The molecule has 0 aliphatic carbocycles. The number of carboxylic acid groups (broad SMARTS) is 1. The number of nitrogens with zero attached hydrogens (tertiary/aromatic N) is 1. The van der Waals surface area contributed by atoms with Gasteiger partial charge in [-0.25, -0.2) is 13.4 Å². The normalized spacial score (nSPS) is 10.8. The number of aliphatic carboxylic acids is 1. The number of hydrogen-bond donors (Lipinski definition) is 0. The van der Waals surface area contributed by atoms with Crippen LogP contribution in [0.3, 0.4) is 0 Å². The number of hydrogen-bond acceptors (Lipinski definition) is 6. The van der Waals surface area contributed by atoms with E-state index >= 15 is 0 Å². The Morgan fingerprint density at radius 3 is 2.40 bits per heavy atom. The van der Waals surface area contributed by atoms with Crippen molar-refractivity contribution in [2.45, 2.75) is 11.3 Å². The van der Waals surface area contributed by atoms with E-state index in [4.69, 9.17) is 0 Å². The maximum Gasteiger partial charge on any atom is 1.00 e. The Morgan fingerprint density at radius 2 is 1.90 bits per heavy atom. The van der Waals surface area contributed by atoms with Crippen molar-refractivity contribution in [3.63, 3.8) is 0 Å². The molecule has 1 heterocycles. The molecular formula is C12H10NNaO4S2. The first-order chi connectivity index (χ1) is 8.86. The zero-order chi connectivity index (χ0) is 14.0. The van der Waals surface area contributed by atoms with E-state index in [1.807, 2.05) is 0 Å². The molecule has 1 aromatic carbocycles. The summed E-state index contributed by atoms with van der Waals surface area (Å²) in [6.45, 7) is 0. The minimum Gasteiger partial charge on any atom is -0.550 e. The van der Waals surface area contributed by atoms with Crippen molar-refractivity contribution < 1.29 is 47.9 Å². The molecule has 0 unspecified atom stereocenters. The molecule has 0 atom stereocenters. The van der Waals surface area contributed by atoms with Gasteiger partial charge < -0.3 is 9.90 Å². The summed E-state index contributed by atoms with van der Waals surface area (Å²) >= 11 is 1.23. The van der Waals surface area contributed by atoms with Crippen LogP contribution in [0.25, 0.3) is 11.3 Å².